The Morgan fingerprint density at radius 2 is 1.88 bits per heavy atom. The molecule has 0 spiro atoms. The number of Topliss-reactive ketones (excluding diaryl/α,β-unsaturated/α-hetero) is 1. The fourth-order valence-electron chi connectivity index (χ4n) is 2.61. The van der Waals surface area contributed by atoms with Gasteiger partial charge in [-0.1, -0.05) is 31.1 Å². The molecular formula is C14H20O2. The maximum atomic E-state index is 11.6. The summed E-state index contributed by atoms with van der Waals surface area (Å²) >= 11 is 0. The summed E-state index contributed by atoms with van der Waals surface area (Å²) in [6.45, 7) is 0. The van der Waals surface area contributed by atoms with Crippen molar-refractivity contribution in [3.63, 3.8) is 0 Å². The molecule has 2 saturated carbocycles. The lowest BCUT2D eigenvalue weighted by atomic mass is 9.83. The van der Waals surface area contributed by atoms with Gasteiger partial charge in [0.05, 0.1) is 0 Å². The first-order valence-electron chi connectivity index (χ1n) is 6.49. The van der Waals surface area contributed by atoms with Crippen LogP contribution in [0.25, 0.3) is 0 Å². The van der Waals surface area contributed by atoms with Gasteiger partial charge in [-0.05, 0) is 32.1 Å². The molecule has 0 bridgehead atoms. The van der Waals surface area contributed by atoms with Crippen LogP contribution in [-0.2, 0) is 4.79 Å². The number of hydrogen-bond acceptors (Lipinski definition) is 2. The summed E-state index contributed by atoms with van der Waals surface area (Å²) in [6.07, 6.45) is 8.92. The highest BCUT2D eigenvalue weighted by Crippen LogP contribution is 2.26. The van der Waals surface area contributed by atoms with E-state index in [0.29, 0.717) is 18.8 Å². The summed E-state index contributed by atoms with van der Waals surface area (Å²) in [4.78, 5) is 11.6. The summed E-state index contributed by atoms with van der Waals surface area (Å²) in [6, 6.07) is 0. The summed E-state index contributed by atoms with van der Waals surface area (Å²) in [5.74, 6) is 6.36. The Labute approximate surface area is 97.4 Å². The minimum absolute atomic E-state index is 0.0675. The predicted octanol–water partition coefficient (Wildman–Crippen LogP) is 2.44. The molecule has 1 N–H and O–H groups in total. The van der Waals surface area contributed by atoms with Gasteiger partial charge in [0, 0.05) is 12.3 Å². The number of rotatable bonds is 0. The van der Waals surface area contributed by atoms with Crippen LogP contribution < -0.4 is 0 Å². The largest absolute Gasteiger partial charge is 0.371 e. The quantitative estimate of drug-likeness (QED) is 0.637. The van der Waals surface area contributed by atoms with Crippen molar-refractivity contribution in [3.05, 3.63) is 0 Å². The smallest absolute Gasteiger partial charge is 0.184 e. The molecular weight excluding hydrogens is 200 g/mol. The predicted molar refractivity (Wildman–Crippen MR) is 62.8 cm³/mol. The number of aliphatic hydroxyl groups is 1. The lowest BCUT2D eigenvalue weighted by molar-refractivity contribution is -0.134. The van der Waals surface area contributed by atoms with Gasteiger partial charge in [0.2, 0.25) is 0 Å². The fourth-order valence-corrected chi connectivity index (χ4v) is 2.61. The molecule has 88 valence electrons. The number of ketones is 1. The highest BCUT2D eigenvalue weighted by Gasteiger charge is 2.35. The van der Waals surface area contributed by atoms with Gasteiger partial charge >= 0.3 is 0 Å². The lowest BCUT2D eigenvalue weighted by Gasteiger charge is -2.25. The Balaban J connectivity index is 2.00. The Kier molecular flexibility index (Phi) is 3.66. The van der Waals surface area contributed by atoms with Crippen LogP contribution in [0.1, 0.15) is 57.8 Å². The Morgan fingerprint density at radius 1 is 1.12 bits per heavy atom. The van der Waals surface area contributed by atoms with E-state index >= 15 is 0 Å². The molecule has 2 aliphatic carbocycles. The molecule has 0 radical (unpaired) electrons. The van der Waals surface area contributed by atoms with Crippen molar-refractivity contribution >= 4 is 5.78 Å². The molecule has 0 amide bonds. The molecule has 0 heterocycles. The van der Waals surface area contributed by atoms with Crippen molar-refractivity contribution in [2.45, 2.75) is 63.4 Å². The maximum Gasteiger partial charge on any atom is 0.184 e. The second-order valence-corrected chi connectivity index (χ2v) is 5.09. The first kappa shape index (κ1) is 11.7. The summed E-state index contributed by atoms with van der Waals surface area (Å²) in [5, 5.41) is 10.1. The first-order valence-corrected chi connectivity index (χ1v) is 6.49. The SMILES string of the molecule is O=C1CCCCC1(O)C#CC1CCCCC1. The van der Waals surface area contributed by atoms with Gasteiger partial charge in [-0.3, -0.25) is 4.79 Å². The van der Waals surface area contributed by atoms with Crippen LogP contribution in [0.3, 0.4) is 0 Å². The Bertz CT molecular complexity index is 317. The van der Waals surface area contributed by atoms with E-state index in [4.69, 9.17) is 0 Å². The zero-order chi connectivity index (χ0) is 11.4. The van der Waals surface area contributed by atoms with Gasteiger partial charge in [-0.25, -0.2) is 0 Å². The molecule has 2 heteroatoms. The molecule has 0 aliphatic heterocycles. The van der Waals surface area contributed by atoms with E-state index in [0.717, 1.165) is 25.7 Å². The van der Waals surface area contributed by atoms with Crippen LogP contribution in [0.5, 0.6) is 0 Å². The topological polar surface area (TPSA) is 37.3 Å². The summed E-state index contributed by atoms with van der Waals surface area (Å²) < 4.78 is 0. The molecule has 1 atom stereocenters. The Hall–Kier alpha value is -0.810. The van der Waals surface area contributed by atoms with Gasteiger partial charge < -0.3 is 5.11 Å². The van der Waals surface area contributed by atoms with Crippen molar-refractivity contribution in [1.82, 2.24) is 0 Å². The fraction of sp³-hybridized carbons (Fsp3) is 0.786. The molecule has 2 nitrogen and oxygen atoms in total. The molecule has 16 heavy (non-hydrogen) atoms. The standard InChI is InChI=1S/C14H20O2/c15-13-8-4-5-10-14(13,16)11-9-12-6-2-1-3-7-12/h12,16H,1-8,10H2. The third-order valence-electron chi connectivity index (χ3n) is 3.74. The number of carbonyl (C=O) groups is 1. The van der Waals surface area contributed by atoms with Crippen LogP contribution in [0.2, 0.25) is 0 Å². The maximum absolute atomic E-state index is 11.6. The van der Waals surface area contributed by atoms with Crippen LogP contribution in [0.4, 0.5) is 0 Å². The average molecular weight is 220 g/mol. The third-order valence-corrected chi connectivity index (χ3v) is 3.74. The van der Waals surface area contributed by atoms with Crippen molar-refractivity contribution < 1.29 is 9.90 Å². The molecule has 2 aliphatic rings. The van der Waals surface area contributed by atoms with Gasteiger partial charge in [-0.15, -0.1) is 0 Å². The minimum atomic E-state index is -1.31. The molecule has 0 aromatic heterocycles. The first-order chi connectivity index (χ1) is 7.71. The van der Waals surface area contributed by atoms with E-state index in [9.17, 15) is 9.90 Å². The summed E-state index contributed by atoms with van der Waals surface area (Å²) in [5.41, 5.74) is -1.31. The molecule has 0 aromatic carbocycles. The van der Waals surface area contributed by atoms with Crippen molar-refractivity contribution in [2.75, 3.05) is 0 Å². The average Bonchev–Trinajstić information content (AvgIpc) is 2.32. The second-order valence-electron chi connectivity index (χ2n) is 5.09. The van der Waals surface area contributed by atoms with Gasteiger partial charge in [0.1, 0.15) is 0 Å². The highest BCUT2D eigenvalue weighted by atomic mass is 16.3. The highest BCUT2D eigenvalue weighted by molar-refractivity contribution is 5.91. The number of carbonyl (C=O) groups excluding carboxylic acids is 1. The third kappa shape index (κ3) is 2.65. The van der Waals surface area contributed by atoms with E-state index in [1.807, 2.05) is 0 Å². The second kappa shape index (κ2) is 5.01. The zero-order valence-corrected chi connectivity index (χ0v) is 9.80. The molecule has 0 aromatic rings. The summed E-state index contributed by atoms with van der Waals surface area (Å²) in [7, 11) is 0. The normalized spacial score (nSPS) is 31.9. The van der Waals surface area contributed by atoms with Crippen LogP contribution in [-0.4, -0.2) is 16.5 Å². The van der Waals surface area contributed by atoms with E-state index in [1.165, 1.54) is 19.3 Å². The van der Waals surface area contributed by atoms with E-state index in [-0.39, 0.29) is 5.78 Å². The lowest BCUT2D eigenvalue weighted by Crippen LogP contribution is -2.39. The van der Waals surface area contributed by atoms with E-state index < -0.39 is 5.60 Å². The van der Waals surface area contributed by atoms with Crippen LogP contribution in [0, 0.1) is 17.8 Å². The zero-order valence-electron chi connectivity index (χ0n) is 9.80. The monoisotopic (exact) mass is 220 g/mol. The van der Waals surface area contributed by atoms with Crippen molar-refractivity contribution in [2.24, 2.45) is 5.92 Å². The number of hydrogen-bond donors (Lipinski definition) is 1. The van der Waals surface area contributed by atoms with Gasteiger partial charge in [0.25, 0.3) is 0 Å². The van der Waals surface area contributed by atoms with Crippen molar-refractivity contribution in [1.29, 1.82) is 0 Å². The van der Waals surface area contributed by atoms with Crippen LogP contribution >= 0.6 is 0 Å². The molecule has 1 unspecified atom stereocenters. The van der Waals surface area contributed by atoms with Crippen LogP contribution in [0.15, 0.2) is 0 Å². The van der Waals surface area contributed by atoms with Gasteiger partial charge in [0.15, 0.2) is 11.4 Å². The van der Waals surface area contributed by atoms with Crippen molar-refractivity contribution in [3.8, 4) is 11.8 Å². The molecule has 0 saturated heterocycles. The Morgan fingerprint density at radius 3 is 2.56 bits per heavy atom. The molecule has 2 fully saturated rings. The van der Waals surface area contributed by atoms with E-state index in [1.54, 1.807) is 0 Å². The minimum Gasteiger partial charge on any atom is -0.371 e. The molecule has 2 rings (SSSR count). The van der Waals surface area contributed by atoms with E-state index in [2.05, 4.69) is 11.8 Å². The van der Waals surface area contributed by atoms with Gasteiger partial charge in [-0.2, -0.15) is 0 Å².